The molecule has 4 aliphatic carbocycles. The van der Waals surface area contributed by atoms with Crippen molar-refractivity contribution in [3.05, 3.63) is 11.6 Å². The summed E-state index contributed by atoms with van der Waals surface area (Å²) in [6.07, 6.45) is 5.38. The van der Waals surface area contributed by atoms with Gasteiger partial charge in [0.15, 0.2) is 5.78 Å². The van der Waals surface area contributed by atoms with E-state index in [0.717, 1.165) is 18.4 Å². The summed E-state index contributed by atoms with van der Waals surface area (Å²) in [7, 11) is 0. The van der Waals surface area contributed by atoms with Crippen LogP contribution >= 0.6 is 0 Å². The second kappa shape index (κ2) is 7.86. The van der Waals surface area contributed by atoms with Gasteiger partial charge in [0.1, 0.15) is 0 Å². The molecule has 4 rings (SSSR count). The van der Waals surface area contributed by atoms with E-state index in [1.165, 1.54) is 0 Å². The smallest absolute Gasteiger partial charge is 0.159 e. The fourth-order valence-corrected chi connectivity index (χ4v) is 8.27. The van der Waals surface area contributed by atoms with Crippen LogP contribution in [0.5, 0.6) is 0 Å². The van der Waals surface area contributed by atoms with Crippen molar-refractivity contribution < 1.29 is 30.3 Å². The van der Waals surface area contributed by atoms with Gasteiger partial charge in [-0.3, -0.25) is 4.79 Å². The zero-order valence-corrected chi connectivity index (χ0v) is 21.0. The predicted octanol–water partition coefficient (Wildman–Crippen LogP) is 2.88. The Hall–Kier alpha value is -0.790. The van der Waals surface area contributed by atoms with Gasteiger partial charge in [-0.1, -0.05) is 13.8 Å². The Kier molecular flexibility index (Phi) is 6.03. The van der Waals surface area contributed by atoms with Crippen molar-refractivity contribution in [1.29, 1.82) is 0 Å². The fourth-order valence-electron chi connectivity index (χ4n) is 8.27. The van der Waals surface area contributed by atoms with Gasteiger partial charge in [-0.25, -0.2) is 0 Å². The van der Waals surface area contributed by atoms with E-state index >= 15 is 0 Å². The minimum Gasteiger partial charge on any atom is -0.393 e. The molecule has 0 aromatic heterocycles. The van der Waals surface area contributed by atoms with Gasteiger partial charge in [0.2, 0.25) is 0 Å². The molecule has 5 N–H and O–H groups in total. The van der Waals surface area contributed by atoms with E-state index in [4.69, 9.17) is 0 Å². The van der Waals surface area contributed by atoms with Crippen molar-refractivity contribution in [2.75, 3.05) is 0 Å². The summed E-state index contributed by atoms with van der Waals surface area (Å²) in [6, 6.07) is 0. The summed E-state index contributed by atoms with van der Waals surface area (Å²) in [5.41, 5.74) is -3.64. The van der Waals surface area contributed by atoms with Crippen molar-refractivity contribution in [2.45, 2.75) is 121 Å². The maximum atomic E-state index is 13.2. The van der Waals surface area contributed by atoms with Gasteiger partial charge >= 0.3 is 0 Å². The van der Waals surface area contributed by atoms with Gasteiger partial charge in [0.05, 0.1) is 29.0 Å². The molecule has 0 radical (unpaired) electrons. The Morgan fingerprint density at radius 1 is 1.06 bits per heavy atom. The molecule has 4 aliphatic rings. The number of hydrogen-bond acceptors (Lipinski definition) is 6. The van der Waals surface area contributed by atoms with E-state index in [-0.39, 0.29) is 35.4 Å². The average Bonchev–Trinajstić information content (AvgIpc) is 2.99. The number of aliphatic hydroxyl groups is 5. The van der Waals surface area contributed by atoms with E-state index in [9.17, 15) is 30.3 Å². The Bertz CT molecular complexity index is 827. The first kappa shape index (κ1) is 25.3. The van der Waals surface area contributed by atoms with E-state index < -0.39 is 34.4 Å². The molecule has 0 aliphatic heterocycles. The lowest BCUT2D eigenvalue weighted by Gasteiger charge is -2.60. The highest BCUT2D eigenvalue weighted by Crippen LogP contribution is 2.68. The van der Waals surface area contributed by atoms with Crippen LogP contribution in [0.15, 0.2) is 11.6 Å². The lowest BCUT2D eigenvalue weighted by atomic mass is 9.46. The van der Waals surface area contributed by atoms with Crippen molar-refractivity contribution >= 4 is 5.78 Å². The Morgan fingerprint density at radius 3 is 2.36 bits per heavy atom. The van der Waals surface area contributed by atoms with Gasteiger partial charge in [0.25, 0.3) is 0 Å². The lowest BCUT2D eigenvalue weighted by molar-refractivity contribution is -0.172. The highest BCUT2D eigenvalue weighted by Gasteiger charge is 2.68. The molecule has 6 heteroatoms. The third kappa shape index (κ3) is 3.76. The summed E-state index contributed by atoms with van der Waals surface area (Å²) in [5, 5.41) is 55.0. The van der Waals surface area contributed by atoms with Crippen molar-refractivity contribution in [3.63, 3.8) is 0 Å². The van der Waals surface area contributed by atoms with Gasteiger partial charge in [-0.05, 0) is 107 Å². The van der Waals surface area contributed by atoms with Gasteiger partial charge < -0.3 is 25.5 Å². The molecule has 0 spiro atoms. The summed E-state index contributed by atoms with van der Waals surface area (Å²) in [4.78, 5) is 13.2. The highest BCUT2D eigenvalue weighted by molar-refractivity contribution is 5.95. The van der Waals surface area contributed by atoms with Gasteiger partial charge in [-0.2, -0.15) is 0 Å². The second-order valence-corrected chi connectivity index (χ2v) is 13.0. The lowest BCUT2D eigenvalue weighted by Crippen LogP contribution is -2.62. The molecule has 0 amide bonds. The van der Waals surface area contributed by atoms with Crippen LogP contribution in [0.25, 0.3) is 0 Å². The predicted molar refractivity (Wildman–Crippen MR) is 125 cm³/mol. The number of rotatable bonds is 5. The summed E-state index contributed by atoms with van der Waals surface area (Å²) in [6.45, 7) is 9.22. The number of allylic oxidation sites excluding steroid dienone is 1. The number of hydrogen-bond donors (Lipinski definition) is 5. The van der Waals surface area contributed by atoms with Crippen molar-refractivity contribution in [1.82, 2.24) is 0 Å². The van der Waals surface area contributed by atoms with E-state index in [1.807, 2.05) is 6.92 Å². The fraction of sp³-hybridized carbons (Fsp3) is 0.889. The largest absolute Gasteiger partial charge is 0.393 e. The monoisotopic (exact) mass is 464 g/mol. The SMILES string of the molecule is CC(C)(O)CC[C@@H](O)[C@](C)(O)[C@H]1CC[C@@]2(O)C3=CC(=O)[C@H]4C[C@H](O)CC[C@]4(C)[C@H]3CC[C@]12C. The van der Waals surface area contributed by atoms with Crippen LogP contribution in [0.1, 0.15) is 92.4 Å². The summed E-state index contributed by atoms with van der Waals surface area (Å²) >= 11 is 0. The zero-order valence-electron chi connectivity index (χ0n) is 21.0. The molecule has 0 bridgehead atoms. The number of aliphatic hydroxyl groups excluding tert-OH is 2. The molecule has 0 heterocycles. The Morgan fingerprint density at radius 2 is 1.73 bits per heavy atom. The number of fused-ring (bicyclic) bond motifs is 5. The van der Waals surface area contributed by atoms with Crippen LogP contribution in [0.3, 0.4) is 0 Å². The van der Waals surface area contributed by atoms with E-state index in [2.05, 4.69) is 6.92 Å². The molecular weight excluding hydrogens is 420 g/mol. The third-order valence-electron chi connectivity index (χ3n) is 10.5. The number of carbonyl (C=O) groups excluding carboxylic acids is 1. The molecule has 0 unspecified atom stereocenters. The van der Waals surface area contributed by atoms with Gasteiger partial charge in [-0.15, -0.1) is 0 Å². The van der Waals surface area contributed by atoms with E-state index in [0.29, 0.717) is 38.5 Å². The van der Waals surface area contributed by atoms with Crippen LogP contribution in [0.2, 0.25) is 0 Å². The maximum absolute atomic E-state index is 13.2. The van der Waals surface area contributed by atoms with Crippen LogP contribution < -0.4 is 0 Å². The molecule has 3 saturated carbocycles. The first-order chi connectivity index (χ1) is 15.1. The molecule has 188 valence electrons. The topological polar surface area (TPSA) is 118 Å². The van der Waals surface area contributed by atoms with Crippen LogP contribution in [0.4, 0.5) is 0 Å². The standard InChI is InChI=1S/C27H44O6/c1-23(2,31)10-9-22(30)26(5,32)21-8-13-27(33)18-15-20(29)19-14-16(28)6-11-24(19,3)17(18)7-12-25(21,27)4/h15-17,19,21-22,28,30-33H,6-14H2,1-5H3/t16-,17+,19-,21+,22-,24-,25-,26-,27-/m1/s1. The number of ketones is 1. The van der Waals surface area contributed by atoms with E-state index in [1.54, 1.807) is 26.8 Å². The Balaban J connectivity index is 1.65. The quantitative estimate of drug-likeness (QED) is 0.427. The molecule has 3 fully saturated rings. The molecule has 6 nitrogen and oxygen atoms in total. The highest BCUT2D eigenvalue weighted by atomic mass is 16.3. The third-order valence-corrected chi connectivity index (χ3v) is 10.5. The second-order valence-electron chi connectivity index (χ2n) is 13.0. The first-order valence-electron chi connectivity index (χ1n) is 12.9. The molecule has 0 saturated heterocycles. The minimum absolute atomic E-state index is 0.0144. The molecule has 0 aromatic carbocycles. The summed E-state index contributed by atoms with van der Waals surface area (Å²) in [5.74, 6) is -0.426. The van der Waals surface area contributed by atoms with Crippen LogP contribution in [-0.2, 0) is 4.79 Å². The molecule has 9 atom stereocenters. The Labute approximate surface area is 198 Å². The molecule has 0 aromatic rings. The summed E-state index contributed by atoms with van der Waals surface area (Å²) < 4.78 is 0. The number of carbonyl (C=O) groups is 1. The maximum Gasteiger partial charge on any atom is 0.159 e. The van der Waals surface area contributed by atoms with Crippen molar-refractivity contribution in [2.24, 2.45) is 28.6 Å². The average molecular weight is 465 g/mol. The van der Waals surface area contributed by atoms with Crippen molar-refractivity contribution in [3.8, 4) is 0 Å². The molecule has 33 heavy (non-hydrogen) atoms. The first-order valence-corrected chi connectivity index (χ1v) is 12.9. The zero-order chi connectivity index (χ0) is 24.6. The van der Waals surface area contributed by atoms with Gasteiger partial charge in [0, 0.05) is 11.3 Å². The molecular formula is C27H44O6. The van der Waals surface area contributed by atoms with Crippen LogP contribution in [0, 0.1) is 28.6 Å². The normalized spacial score (nSPS) is 46.0. The van der Waals surface area contributed by atoms with Crippen LogP contribution in [-0.4, -0.2) is 60.3 Å². The minimum atomic E-state index is -1.42.